The van der Waals surface area contributed by atoms with Crippen molar-refractivity contribution in [2.45, 2.75) is 6.54 Å². The molecule has 24 heavy (non-hydrogen) atoms. The zero-order valence-electron chi connectivity index (χ0n) is 12.2. The molecule has 1 aliphatic heterocycles. The first kappa shape index (κ1) is 16.9. The highest BCUT2D eigenvalue weighted by atomic mass is 127. The Balaban J connectivity index is 1.80. The highest BCUT2D eigenvalue weighted by Gasteiger charge is 2.37. The van der Waals surface area contributed by atoms with Crippen LogP contribution in [0.1, 0.15) is 5.56 Å². The van der Waals surface area contributed by atoms with Crippen molar-refractivity contribution in [1.29, 1.82) is 0 Å². The van der Waals surface area contributed by atoms with Gasteiger partial charge < -0.3 is 5.32 Å². The quantitative estimate of drug-likeness (QED) is 0.561. The van der Waals surface area contributed by atoms with Gasteiger partial charge in [0, 0.05) is 9.26 Å². The van der Waals surface area contributed by atoms with Crippen molar-refractivity contribution < 1.29 is 14.0 Å². The highest BCUT2D eigenvalue weighted by Crippen LogP contribution is 2.27. The average Bonchev–Trinajstić information content (AvgIpc) is 2.75. The van der Waals surface area contributed by atoms with Gasteiger partial charge in [0.05, 0.1) is 6.54 Å². The van der Waals surface area contributed by atoms with Crippen LogP contribution in [-0.2, 0) is 16.1 Å². The molecular weight excluding hydrogens is 446 g/mol. The second-order valence-corrected chi connectivity index (χ2v) is 6.77. The van der Waals surface area contributed by atoms with E-state index in [4.69, 9.17) is 11.6 Å². The molecule has 4 nitrogen and oxygen atoms in total. The van der Waals surface area contributed by atoms with Gasteiger partial charge >= 0.3 is 0 Å². The molecule has 2 aromatic rings. The van der Waals surface area contributed by atoms with E-state index in [2.05, 4.69) is 27.9 Å². The molecule has 3 rings (SSSR count). The van der Waals surface area contributed by atoms with Gasteiger partial charge in [0.15, 0.2) is 0 Å². The fourth-order valence-corrected chi connectivity index (χ4v) is 3.05. The summed E-state index contributed by atoms with van der Waals surface area (Å²) < 4.78 is 13.9. The van der Waals surface area contributed by atoms with Crippen molar-refractivity contribution in [2.75, 3.05) is 5.32 Å². The number of carbonyl (C=O) groups excluding carboxylic acids is 2. The van der Waals surface area contributed by atoms with Gasteiger partial charge in [-0.25, -0.2) is 4.39 Å². The number of amides is 2. The van der Waals surface area contributed by atoms with Gasteiger partial charge in [0.2, 0.25) is 0 Å². The van der Waals surface area contributed by atoms with Crippen molar-refractivity contribution in [1.82, 2.24) is 4.90 Å². The van der Waals surface area contributed by atoms with Crippen LogP contribution in [0.15, 0.2) is 59.3 Å². The Morgan fingerprint density at radius 1 is 1.08 bits per heavy atom. The van der Waals surface area contributed by atoms with E-state index in [0.717, 1.165) is 8.47 Å². The Kier molecular flexibility index (Phi) is 4.86. The number of imide groups is 1. The fraction of sp³-hybridized carbons (Fsp3) is 0.0588. The summed E-state index contributed by atoms with van der Waals surface area (Å²) in [4.78, 5) is 25.8. The molecule has 2 aromatic carbocycles. The van der Waals surface area contributed by atoms with E-state index in [0.29, 0.717) is 11.3 Å². The molecule has 0 bridgehead atoms. The third kappa shape index (κ3) is 3.44. The maximum atomic E-state index is 13.0. The minimum absolute atomic E-state index is 0.0334. The molecule has 0 unspecified atom stereocenters. The summed E-state index contributed by atoms with van der Waals surface area (Å²) in [5, 5.41) is 2.76. The summed E-state index contributed by atoms with van der Waals surface area (Å²) in [5.74, 6) is -1.46. The smallest absolute Gasteiger partial charge is 0.279 e. The van der Waals surface area contributed by atoms with Crippen LogP contribution in [0.4, 0.5) is 10.1 Å². The van der Waals surface area contributed by atoms with Crippen LogP contribution in [-0.4, -0.2) is 16.7 Å². The molecule has 7 heteroatoms. The second kappa shape index (κ2) is 6.90. The number of anilines is 1. The minimum atomic E-state index is -0.570. The standard InChI is InChI=1S/C17H11ClFIN2O2/c18-14-15(21-13-3-1-2-12(20)8-13)17(24)22(16(14)23)9-10-4-6-11(19)7-5-10/h1-8,21H,9H2. The fourth-order valence-electron chi connectivity index (χ4n) is 2.28. The Bertz CT molecular complexity index is 852. The Labute approximate surface area is 156 Å². The Hall–Kier alpha value is -1.93. The van der Waals surface area contributed by atoms with Crippen LogP contribution in [0.3, 0.4) is 0 Å². The normalized spacial score (nSPS) is 14.5. The number of carbonyl (C=O) groups is 2. The van der Waals surface area contributed by atoms with Crippen LogP contribution >= 0.6 is 34.2 Å². The maximum Gasteiger partial charge on any atom is 0.279 e. The van der Waals surface area contributed by atoms with Crippen molar-refractivity contribution in [3.8, 4) is 0 Å². The van der Waals surface area contributed by atoms with E-state index in [9.17, 15) is 14.0 Å². The molecule has 0 fully saturated rings. The van der Waals surface area contributed by atoms with Crippen molar-refractivity contribution in [3.63, 3.8) is 0 Å². The third-order valence-corrected chi connectivity index (χ3v) is 4.48. The molecular formula is C17H11ClFIN2O2. The van der Waals surface area contributed by atoms with Gasteiger partial charge in [0.25, 0.3) is 11.8 Å². The van der Waals surface area contributed by atoms with Gasteiger partial charge in [-0.2, -0.15) is 0 Å². The van der Waals surface area contributed by atoms with Crippen molar-refractivity contribution in [2.24, 2.45) is 0 Å². The number of halogens is 3. The lowest BCUT2D eigenvalue weighted by molar-refractivity contribution is -0.138. The molecule has 1 heterocycles. The first-order valence-electron chi connectivity index (χ1n) is 6.98. The number of hydrogen-bond donors (Lipinski definition) is 1. The lowest BCUT2D eigenvalue weighted by Gasteiger charge is -2.15. The number of rotatable bonds is 4. The van der Waals surface area contributed by atoms with Gasteiger partial charge in [-0.15, -0.1) is 0 Å². The van der Waals surface area contributed by atoms with E-state index in [-0.39, 0.29) is 23.1 Å². The molecule has 0 aromatic heterocycles. The Morgan fingerprint density at radius 3 is 2.46 bits per heavy atom. The summed E-state index contributed by atoms with van der Waals surface area (Å²) in [5.41, 5.74) is 1.35. The van der Waals surface area contributed by atoms with E-state index in [1.165, 1.54) is 24.3 Å². The molecule has 1 N–H and O–H groups in total. The molecule has 122 valence electrons. The van der Waals surface area contributed by atoms with Crippen LogP contribution in [0.25, 0.3) is 0 Å². The highest BCUT2D eigenvalue weighted by molar-refractivity contribution is 14.1. The van der Waals surface area contributed by atoms with Crippen LogP contribution in [0, 0.1) is 9.39 Å². The summed E-state index contributed by atoms with van der Waals surface area (Å²) in [6.45, 7) is 0.0334. The second-order valence-electron chi connectivity index (χ2n) is 5.15. The molecule has 1 aliphatic rings. The van der Waals surface area contributed by atoms with E-state index in [1.54, 1.807) is 6.07 Å². The molecule has 0 saturated heterocycles. The largest absolute Gasteiger partial charge is 0.350 e. The van der Waals surface area contributed by atoms with Crippen molar-refractivity contribution >= 4 is 51.7 Å². The van der Waals surface area contributed by atoms with Gasteiger partial charge in [0.1, 0.15) is 16.5 Å². The average molecular weight is 457 g/mol. The summed E-state index contributed by atoms with van der Waals surface area (Å²) in [7, 11) is 0. The van der Waals surface area contributed by atoms with E-state index in [1.807, 2.05) is 18.2 Å². The predicted molar refractivity (Wildman–Crippen MR) is 97.6 cm³/mol. The summed E-state index contributed by atoms with van der Waals surface area (Å²) in [6, 6.07) is 12.9. The van der Waals surface area contributed by atoms with Crippen LogP contribution in [0.5, 0.6) is 0 Å². The molecule has 2 amide bonds. The molecule has 0 aliphatic carbocycles. The first-order valence-corrected chi connectivity index (χ1v) is 8.44. The first-order chi connectivity index (χ1) is 11.5. The monoisotopic (exact) mass is 456 g/mol. The summed E-state index contributed by atoms with van der Waals surface area (Å²) >= 11 is 8.19. The number of benzene rings is 2. The van der Waals surface area contributed by atoms with Gasteiger partial charge in [-0.05, 0) is 58.5 Å². The predicted octanol–water partition coefficient (Wildman–Crippen LogP) is 3.86. The number of hydrogen-bond acceptors (Lipinski definition) is 3. The molecule has 0 spiro atoms. The van der Waals surface area contributed by atoms with Crippen LogP contribution < -0.4 is 5.32 Å². The van der Waals surface area contributed by atoms with Gasteiger partial charge in [-0.1, -0.05) is 29.8 Å². The maximum absolute atomic E-state index is 13.0. The van der Waals surface area contributed by atoms with Gasteiger partial charge in [-0.3, -0.25) is 14.5 Å². The third-order valence-electron chi connectivity index (χ3n) is 3.46. The van der Waals surface area contributed by atoms with Crippen LogP contribution in [0.2, 0.25) is 0 Å². The van der Waals surface area contributed by atoms with Crippen molar-refractivity contribution in [3.05, 3.63) is 74.2 Å². The lowest BCUT2D eigenvalue weighted by atomic mass is 10.2. The number of nitrogens with one attached hydrogen (secondary N) is 1. The molecule has 0 saturated carbocycles. The Morgan fingerprint density at radius 2 is 1.79 bits per heavy atom. The summed E-state index contributed by atoms with van der Waals surface area (Å²) in [6.07, 6.45) is 0. The number of nitrogens with zero attached hydrogens (tertiary/aromatic N) is 1. The van der Waals surface area contributed by atoms with E-state index < -0.39 is 11.8 Å². The molecule has 0 atom stereocenters. The topological polar surface area (TPSA) is 49.4 Å². The zero-order chi connectivity index (χ0) is 17.3. The molecule has 0 radical (unpaired) electrons. The minimum Gasteiger partial charge on any atom is -0.350 e. The lowest BCUT2D eigenvalue weighted by Crippen LogP contribution is -2.31. The van der Waals surface area contributed by atoms with E-state index >= 15 is 0 Å². The zero-order valence-corrected chi connectivity index (χ0v) is 15.1. The SMILES string of the molecule is O=C1C(Cl)=C(Nc2cccc(I)c2)C(=O)N1Cc1ccc(F)cc1.